The molecule has 1 N–H and O–H groups in total. The van der Waals surface area contributed by atoms with E-state index in [1.54, 1.807) is 0 Å². The molecule has 0 aromatic rings. The summed E-state index contributed by atoms with van der Waals surface area (Å²) < 4.78 is 0. The van der Waals surface area contributed by atoms with E-state index in [2.05, 4.69) is 25.7 Å². The Hall–Kier alpha value is -0.0800. The zero-order chi connectivity index (χ0) is 8.85. The van der Waals surface area contributed by atoms with Gasteiger partial charge in [-0.1, -0.05) is 20.8 Å². The molecule has 2 unspecified atom stereocenters. The molecule has 0 saturated carbocycles. The molecule has 0 rings (SSSR count). The van der Waals surface area contributed by atoms with E-state index in [1.165, 1.54) is 0 Å². The normalized spacial score (nSPS) is 16.9. The molecule has 0 radical (unpaired) electrons. The fraction of sp³-hybridized carbons (Fsp3) is 1.00. The fourth-order valence-corrected chi connectivity index (χ4v) is 1.29. The van der Waals surface area contributed by atoms with E-state index >= 15 is 0 Å². The van der Waals surface area contributed by atoms with Crippen LogP contribution in [0.1, 0.15) is 40.5 Å². The molecule has 0 heterocycles. The smallest absolute Gasteiger partial charge is 0.107 e. The highest BCUT2D eigenvalue weighted by molar-refractivity contribution is 4.65. The van der Waals surface area contributed by atoms with Crippen molar-refractivity contribution in [3.8, 4) is 0 Å². The van der Waals surface area contributed by atoms with Crippen molar-refractivity contribution >= 4 is 0 Å². The van der Waals surface area contributed by atoms with E-state index in [4.69, 9.17) is 0 Å². The highest BCUT2D eigenvalue weighted by atomic mass is 16.3. The first-order chi connectivity index (χ1) is 5.17. The molecule has 0 aliphatic carbocycles. The number of nitrogens with zero attached hydrogens (tertiary/aromatic N) is 1. The molecule has 0 amide bonds. The summed E-state index contributed by atoms with van der Waals surface area (Å²) in [6, 6.07) is 0.495. The molecule has 0 fully saturated rings. The number of rotatable bonds is 5. The average molecular weight is 159 g/mol. The van der Waals surface area contributed by atoms with Crippen LogP contribution in [0.25, 0.3) is 0 Å². The van der Waals surface area contributed by atoms with Crippen LogP contribution in [-0.4, -0.2) is 28.8 Å². The molecule has 0 aliphatic rings. The Morgan fingerprint density at radius 1 is 1.18 bits per heavy atom. The maximum Gasteiger partial charge on any atom is 0.107 e. The minimum absolute atomic E-state index is 0.255. The molecule has 0 aromatic heterocycles. The Bertz CT molecular complexity index is 85.6. The minimum atomic E-state index is -0.255. The fourth-order valence-electron chi connectivity index (χ4n) is 1.29. The van der Waals surface area contributed by atoms with Gasteiger partial charge in [-0.15, -0.1) is 0 Å². The lowest BCUT2D eigenvalue weighted by Crippen LogP contribution is -2.40. The van der Waals surface area contributed by atoms with Crippen molar-refractivity contribution in [1.82, 2.24) is 4.90 Å². The summed E-state index contributed by atoms with van der Waals surface area (Å²) in [7, 11) is 0. The van der Waals surface area contributed by atoms with Gasteiger partial charge in [0.2, 0.25) is 0 Å². The third kappa shape index (κ3) is 3.21. The number of aliphatic hydroxyl groups is 1. The van der Waals surface area contributed by atoms with Gasteiger partial charge in [0.15, 0.2) is 0 Å². The van der Waals surface area contributed by atoms with E-state index in [0.717, 1.165) is 19.4 Å². The van der Waals surface area contributed by atoms with E-state index in [-0.39, 0.29) is 6.23 Å². The monoisotopic (exact) mass is 159 g/mol. The molecule has 2 heteroatoms. The lowest BCUT2D eigenvalue weighted by molar-refractivity contribution is -0.0202. The first-order valence-corrected chi connectivity index (χ1v) is 4.61. The van der Waals surface area contributed by atoms with Crippen LogP contribution in [0.15, 0.2) is 0 Å². The van der Waals surface area contributed by atoms with Gasteiger partial charge in [0.25, 0.3) is 0 Å². The van der Waals surface area contributed by atoms with Gasteiger partial charge >= 0.3 is 0 Å². The molecule has 0 spiro atoms. The Kier molecular flexibility index (Phi) is 5.51. The van der Waals surface area contributed by atoms with Crippen molar-refractivity contribution in [3.05, 3.63) is 0 Å². The van der Waals surface area contributed by atoms with Crippen LogP contribution in [0, 0.1) is 0 Å². The maximum absolute atomic E-state index is 9.55. The standard InChI is InChI=1S/C9H21NO/c1-5-8(4)10(7-3)9(11)6-2/h8-9,11H,5-7H2,1-4H3. The molecule has 0 aliphatic heterocycles. The highest BCUT2D eigenvalue weighted by Gasteiger charge is 2.16. The van der Waals surface area contributed by atoms with Gasteiger partial charge in [-0.3, -0.25) is 4.90 Å². The van der Waals surface area contributed by atoms with Crippen LogP contribution >= 0.6 is 0 Å². The Morgan fingerprint density at radius 3 is 2.00 bits per heavy atom. The van der Waals surface area contributed by atoms with Crippen LogP contribution in [0.2, 0.25) is 0 Å². The third-order valence-corrected chi connectivity index (χ3v) is 2.27. The summed E-state index contributed by atoms with van der Waals surface area (Å²) in [5.41, 5.74) is 0. The molecule has 11 heavy (non-hydrogen) atoms. The molecule has 0 saturated heterocycles. The zero-order valence-corrected chi connectivity index (χ0v) is 8.17. The van der Waals surface area contributed by atoms with Gasteiger partial charge in [0, 0.05) is 6.04 Å². The lowest BCUT2D eigenvalue weighted by atomic mass is 10.2. The summed E-state index contributed by atoms with van der Waals surface area (Å²) in [6.45, 7) is 9.34. The Balaban J connectivity index is 3.92. The summed E-state index contributed by atoms with van der Waals surface area (Å²) >= 11 is 0. The van der Waals surface area contributed by atoms with Crippen molar-refractivity contribution in [2.75, 3.05) is 6.54 Å². The summed E-state index contributed by atoms with van der Waals surface area (Å²) in [4.78, 5) is 2.12. The second-order valence-corrected chi connectivity index (χ2v) is 2.98. The van der Waals surface area contributed by atoms with Crippen molar-refractivity contribution in [1.29, 1.82) is 0 Å². The van der Waals surface area contributed by atoms with Gasteiger partial charge in [-0.25, -0.2) is 0 Å². The van der Waals surface area contributed by atoms with E-state index in [1.807, 2.05) is 6.92 Å². The van der Waals surface area contributed by atoms with Crippen LogP contribution in [0.5, 0.6) is 0 Å². The molecular weight excluding hydrogens is 138 g/mol. The molecule has 0 aromatic carbocycles. The largest absolute Gasteiger partial charge is 0.378 e. The molecule has 68 valence electrons. The van der Waals surface area contributed by atoms with Crippen LogP contribution in [0.3, 0.4) is 0 Å². The maximum atomic E-state index is 9.55. The third-order valence-electron chi connectivity index (χ3n) is 2.27. The van der Waals surface area contributed by atoms with Gasteiger partial charge in [0.1, 0.15) is 6.23 Å². The second-order valence-electron chi connectivity index (χ2n) is 2.98. The number of hydrogen-bond acceptors (Lipinski definition) is 2. The summed E-state index contributed by atoms with van der Waals surface area (Å²) in [5, 5.41) is 9.55. The van der Waals surface area contributed by atoms with Crippen LogP contribution in [0.4, 0.5) is 0 Å². The van der Waals surface area contributed by atoms with Gasteiger partial charge in [-0.2, -0.15) is 0 Å². The van der Waals surface area contributed by atoms with E-state index in [0.29, 0.717) is 6.04 Å². The number of aliphatic hydroxyl groups excluding tert-OH is 1. The number of hydrogen-bond donors (Lipinski definition) is 1. The molecular formula is C9H21NO. The molecule has 2 nitrogen and oxygen atoms in total. The van der Waals surface area contributed by atoms with E-state index < -0.39 is 0 Å². The van der Waals surface area contributed by atoms with Crippen molar-refractivity contribution < 1.29 is 5.11 Å². The highest BCUT2D eigenvalue weighted by Crippen LogP contribution is 2.08. The first kappa shape index (κ1) is 10.9. The zero-order valence-electron chi connectivity index (χ0n) is 8.17. The van der Waals surface area contributed by atoms with Gasteiger partial charge < -0.3 is 5.11 Å². The Labute approximate surface area is 70.2 Å². The second kappa shape index (κ2) is 5.56. The summed E-state index contributed by atoms with van der Waals surface area (Å²) in [6.07, 6.45) is 1.67. The van der Waals surface area contributed by atoms with Crippen molar-refractivity contribution in [2.24, 2.45) is 0 Å². The molecule has 2 atom stereocenters. The van der Waals surface area contributed by atoms with Crippen molar-refractivity contribution in [2.45, 2.75) is 52.8 Å². The molecule has 0 bridgehead atoms. The quantitative estimate of drug-likeness (QED) is 0.619. The van der Waals surface area contributed by atoms with Crippen molar-refractivity contribution in [3.63, 3.8) is 0 Å². The predicted octanol–water partition coefficient (Wildman–Crippen LogP) is 1.84. The van der Waals surface area contributed by atoms with Crippen LogP contribution in [-0.2, 0) is 0 Å². The SMILES string of the molecule is CCC(C)N(CC)C(O)CC. The van der Waals surface area contributed by atoms with Crippen LogP contribution < -0.4 is 0 Å². The minimum Gasteiger partial charge on any atom is -0.378 e. The first-order valence-electron chi connectivity index (χ1n) is 4.61. The average Bonchev–Trinajstić information content (AvgIpc) is 2.05. The predicted molar refractivity (Wildman–Crippen MR) is 48.4 cm³/mol. The lowest BCUT2D eigenvalue weighted by Gasteiger charge is -2.31. The van der Waals surface area contributed by atoms with Gasteiger partial charge in [-0.05, 0) is 26.3 Å². The van der Waals surface area contributed by atoms with Gasteiger partial charge in [0.05, 0.1) is 0 Å². The Morgan fingerprint density at radius 2 is 1.73 bits per heavy atom. The van der Waals surface area contributed by atoms with E-state index in [9.17, 15) is 5.11 Å². The summed E-state index contributed by atoms with van der Waals surface area (Å²) in [5.74, 6) is 0. The topological polar surface area (TPSA) is 23.5 Å².